The quantitative estimate of drug-likeness (QED) is 0.265. The van der Waals surface area contributed by atoms with Gasteiger partial charge in [0.15, 0.2) is 19.0 Å². The van der Waals surface area contributed by atoms with Crippen molar-refractivity contribution < 1.29 is 23.9 Å². The molecule has 0 saturated carbocycles. The van der Waals surface area contributed by atoms with Gasteiger partial charge in [-0.25, -0.2) is 4.63 Å². The molecule has 1 aromatic rings. The minimum absolute atomic E-state index is 0.169. The maximum absolute atomic E-state index is 12.0. The van der Waals surface area contributed by atoms with E-state index in [1.807, 2.05) is 0 Å². The average Bonchev–Trinajstić information content (AvgIpc) is 2.75. The number of aromatic nitrogens is 2. The first kappa shape index (κ1) is 14.1. The van der Waals surface area contributed by atoms with E-state index in [9.17, 15) is 15.3 Å². The Hall–Kier alpha value is -2.34. The Morgan fingerprint density at radius 3 is 2.35 bits per heavy atom. The number of anilines is 1. The van der Waals surface area contributed by atoms with Gasteiger partial charge in [-0.1, -0.05) is 0 Å². The summed E-state index contributed by atoms with van der Waals surface area (Å²) >= 11 is 0. The zero-order valence-corrected chi connectivity index (χ0v) is 10.7. The van der Waals surface area contributed by atoms with Crippen LogP contribution in [0.3, 0.4) is 0 Å². The molecule has 0 spiro atoms. The summed E-state index contributed by atoms with van der Waals surface area (Å²) in [7, 11) is 0. The smallest absolute Gasteiger partial charge is 0.484 e. The van der Waals surface area contributed by atoms with Gasteiger partial charge in [-0.3, -0.25) is 10.1 Å². The van der Waals surface area contributed by atoms with Crippen LogP contribution in [-0.2, 0) is 9.47 Å². The Labute approximate surface area is 111 Å². The molecule has 20 heavy (non-hydrogen) atoms. The molecule has 0 amide bonds. The SMILES string of the molecule is CC1(C)OCC([N+](=O)[O-])([N+]([O-])=Nc2nonc2N)CO1. The summed E-state index contributed by atoms with van der Waals surface area (Å²) in [5.74, 6) is -1.64. The van der Waals surface area contributed by atoms with Crippen molar-refractivity contribution in [3.63, 3.8) is 0 Å². The van der Waals surface area contributed by atoms with E-state index in [2.05, 4.69) is 20.1 Å². The van der Waals surface area contributed by atoms with E-state index in [0.717, 1.165) is 0 Å². The lowest BCUT2D eigenvalue weighted by atomic mass is 10.2. The second-order valence-corrected chi connectivity index (χ2v) is 4.56. The van der Waals surface area contributed by atoms with Crippen LogP contribution in [0.15, 0.2) is 9.74 Å². The highest BCUT2D eigenvalue weighted by atomic mass is 16.7. The van der Waals surface area contributed by atoms with E-state index in [4.69, 9.17) is 15.2 Å². The van der Waals surface area contributed by atoms with Gasteiger partial charge >= 0.3 is 11.5 Å². The second-order valence-electron chi connectivity index (χ2n) is 4.56. The van der Waals surface area contributed by atoms with Crippen molar-refractivity contribution in [1.29, 1.82) is 0 Å². The van der Waals surface area contributed by atoms with E-state index in [1.54, 1.807) is 13.8 Å². The number of nitro groups is 1. The maximum atomic E-state index is 12.0. The number of nitrogens with zero attached hydrogens (tertiary/aromatic N) is 5. The zero-order valence-electron chi connectivity index (χ0n) is 10.7. The van der Waals surface area contributed by atoms with Crippen LogP contribution >= 0.6 is 0 Å². The molecule has 1 aromatic heterocycles. The number of nitrogens with two attached hydrogens (primary N) is 1. The first-order chi connectivity index (χ1) is 9.27. The highest BCUT2D eigenvalue weighted by Gasteiger charge is 2.60. The number of hydroxylamine groups is 1. The van der Waals surface area contributed by atoms with E-state index >= 15 is 0 Å². The molecule has 2 N–H and O–H groups in total. The average molecular weight is 288 g/mol. The standard InChI is InChI=1S/C8H12N6O6/c1-7(2)18-3-8(4-19-7,14(16)17)13(15)10-6-5(9)11-20-12-6/h3-4H2,1-2H3,(H2,9,11). The molecule has 0 aliphatic carbocycles. The van der Waals surface area contributed by atoms with Crippen LogP contribution in [0.2, 0.25) is 0 Å². The van der Waals surface area contributed by atoms with Gasteiger partial charge in [0.2, 0.25) is 5.82 Å². The highest BCUT2D eigenvalue weighted by molar-refractivity contribution is 5.47. The molecule has 12 nitrogen and oxygen atoms in total. The molecule has 1 aliphatic heterocycles. The molecule has 1 saturated heterocycles. The third kappa shape index (κ3) is 2.37. The summed E-state index contributed by atoms with van der Waals surface area (Å²) in [5.41, 5.74) is 3.10. The summed E-state index contributed by atoms with van der Waals surface area (Å²) in [4.78, 5) is 10.2. The molecule has 110 valence electrons. The largest absolute Gasteiger partial charge is 0.594 e. The molecular formula is C8H12N6O6. The van der Waals surface area contributed by atoms with Gasteiger partial charge in [0, 0.05) is 5.11 Å². The molecule has 0 bridgehead atoms. The number of hydrogen-bond acceptors (Lipinski definition) is 10. The van der Waals surface area contributed by atoms with Crippen molar-refractivity contribution in [2.24, 2.45) is 5.11 Å². The van der Waals surface area contributed by atoms with Gasteiger partial charge in [-0.05, 0) is 29.0 Å². The molecule has 0 aromatic carbocycles. The number of hydrogen-bond donors (Lipinski definition) is 1. The van der Waals surface area contributed by atoms with Crippen LogP contribution in [0.1, 0.15) is 13.8 Å². The molecule has 1 aliphatic rings. The van der Waals surface area contributed by atoms with Gasteiger partial charge in [-0.15, -0.1) is 0 Å². The van der Waals surface area contributed by atoms with Crippen molar-refractivity contribution in [1.82, 2.24) is 10.3 Å². The fourth-order valence-corrected chi connectivity index (χ4v) is 1.39. The first-order valence-corrected chi connectivity index (χ1v) is 5.46. The number of rotatable bonds is 3. The zero-order chi connectivity index (χ0) is 15.0. The Morgan fingerprint density at radius 2 is 1.90 bits per heavy atom. The monoisotopic (exact) mass is 288 g/mol. The fourth-order valence-electron chi connectivity index (χ4n) is 1.39. The number of azo groups is 1. The summed E-state index contributed by atoms with van der Waals surface area (Å²) in [6.45, 7) is 2.13. The predicted molar refractivity (Wildman–Crippen MR) is 60.1 cm³/mol. The van der Waals surface area contributed by atoms with E-state index in [0.29, 0.717) is 0 Å². The lowest BCUT2D eigenvalue weighted by molar-refractivity contribution is -0.825. The summed E-state index contributed by atoms with van der Waals surface area (Å²) < 4.78 is 14.6. The van der Waals surface area contributed by atoms with Crippen LogP contribution < -0.4 is 5.73 Å². The van der Waals surface area contributed by atoms with Crippen LogP contribution in [-0.4, -0.2) is 44.8 Å². The van der Waals surface area contributed by atoms with Gasteiger partial charge in [0.05, 0.1) is 0 Å². The minimum Gasteiger partial charge on any atom is -0.594 e. The summed E-state index contributed by atoms with van der Waals surface area (Å²) in [6, 6.07) is 0. The second kappa shape index (κ2) is 4.64. The number of nitrogen functional groups attached to an aromatic ring is 1. The Balaban J connectivity index is 2.32. The Kier molecular flexibility index (Phi) is 3.27. The molecule has 1 fully saturated rings. The topological polar surface area (TPSA) is 165 Å². The van der Waals surface area contributed by atoms with Crippen molar-refractivity contribution in [3.8, 4) is 0 Å². The van der Waals surface area contributed by atoms with Crippen LogP contribution in [0.4, 0.5) is 11.6 Å². The Morgan fingerprint density at radius 1 is 1.30 bits per heavy atom. The molecule has 0 atom stereocenters. The summed E-state index contributed by atoms with van der Waals surface area (Å²) in [5, 5.41) is 33.0. The molecule has 12 heteroatoms. The van der Waals surface area contributed by atoms with Crippen LogP contribution in [0.5, 0.6) is 0 Å². The minimum atomic E-state index is -2.22. The van der Waals surface area contributed by atoms with Gasteiger partial charge in [0.25, 0.3) is 0 Å². The first-order valence-electron chi connectivity index (χ1n) is 5.46. The highest BCUT2D eigenvalue weighted by Crippen LogP contribution is 2.28. The fraction of sp³-hybridized carbons (Fsp3) is 0.750. The normalized spacial score (nSPS) is 21.6. The molecule has 0 radical (unpaired) electrons. The van der Waals surface area contributed by atoms with Crippen molar-refractivity contribution in [2.45, 2.75) is 25.3 Å². The van der Waals surface area contributed by atoms with Crippen LogP contribution in [0, 0.1) is 15.3 Å². The van der Waals surface area contributed by atoms with Crippen molar-refractivity contribution >= 4 is 11.6 Å². The van der Waals surface area contributed by atoms with E-state index < -0.39 is 29.6 Å². The third-order valence-electron chi connectivity index (χ3n) is 2.68. The van der Waals surface area contributed by atoms with Gasteiger partial charge in [0.1, 0.15) is 4.92 Å². The predicted octanol–water partition coefficient (Wildman–Crippen LogP) is 0.00170. The lowest BCUT2D eigenvalue weighted by Crippen LogP contribution is -2.60. The van der Waals surface area contributed by atoms with Gasteiger partial charge < -0.3 is 20.4 Å². The summed E-state index contributed by atoms with van der Waals surface area (Å²) in [6.07, 6.45) is 0. The van der Waals surface area contributed by atoms with E-state index in [-0.39, 0.29) is 16.5 Å². The molecule has 0 unspecified atom stereocenters. The third-order valence-corrected chi connectivity index (χ3v) is 2.68. The number of ether oxygens (including phenoxy) is 2. The van der Waals surface area contributed by atoms with Crippen molar-refractivity contribution in [3.05, 3.63) is 15.3 Å². The lowest BCUT2D eigenvalue weighted by Gasteiger charge is -2.34. The van der Waals surface area contributed by atoms with E-state index in [1.165, 1.54) is 0 Å². The Bertz CT molecular complexity index is 543. The van der Waals surface area contributed by atoms with Gasteiger partial charge in [-0.2, -0.15) is 0 Å². The molecule has 2 heterocycles. The molecule has 2 rings (SSSR count). The molecular weight excluding hydrogens is 276 g/mol. The van der Waals surface area contributed by atoms with Crippen molar-refractivity contribution in [2.75, 3.05) is 18.9 Å². The van der Waals surface area contributed by atoms with Crippen LogP contribution in [0.25, 0.3) is 0 Å². The maximum Gasteiger partial charge on any atom is 0.484 e.